The van der Waals surface area contributed by atoms with E-state index in [-0.39, 0.29) is 12.8 Å². The molecule has 30 heavy (non-hydrogen) atoms. The normalized spacial score (nSPS) is 12.9. The minimum atomic E-state index is -0.978. The fraction of sp³-hybridized carbons (Fsp3) is 0.227. The third kappa shape index (κ3) is 5.22. The Morgan fingerprint density at radius 3 is 2.50 bits per heavy atom. The number of amides is 3. The number of carbonyl (C=O) groups excluding carboxylic acids is 3. The molecule has 0 radical (unpaired) electrons. The van der Waals surface area contributed by atoms with Crippen molar-refractivity contribution in [1.29, 1.82) is 0 Å². The lowest BCUT2D eigenvalue weighted by molar-refractivity contribution is -0.130. The highest BCUT2D eigenvalue weighted by Crippen LogP contribution is 2.19. The molecule has 0 aliphatic rings. The summed E-state index contributed by atoms with van der Waals surface area (Å²) in [4.78, 5) is 39.5. The van der Waals surface area contributed by atoms with Gasteiger partial charge in [0.1, 0.15) is 17.9 Å². The maximum absolute atomic E-state index is 13.5. The van der Waals surface area contributed by atoms with Crippen LogP contribution in [0.2, 0.25) is 0 Å². The zero-order chi connectivity index (χ0) is 21.7. The van der Waals surface area contributed by atoms with Crippen LogP contribution in [0, 0.1) is 5.82 Å². The van der Waals surface area contributed by atoms with Gasteiger partial charge < -0.3 is 21.4 Å². The van der Waals surface area contributed by atoms with Crippen LogP contribution >= 0.6 is 0 Å². The van der Waals surface area contributed by atoms with Gasteiger partial charge in [0.05, 0.1) is 0 Å². The summed E-state index contributed by atoms with van der Waals surface area (Å²) in [6, 6.07) is 11.4. The third-order valence-corrected chi connectivity index (χ3v) is 4.78. The highest BCUT2D eigenvalue weighted by molar-refractivity contribution is 5.92. The molecule has 0 bridgehead atoms. The van der Waals surface area contributed by atoms with Gasteiger partial charge in [0, 0.05) is 36.9 Å². The highest BCUT2D eigenvalue weighted by Gasteiger charge is 2.26. The molecule has 3 aromatic rings. The maximum atomic E-state index is 13.5. The molecule has 1 aromatic heterocycles. The van der Waals surface area contributed by atoms with Gasteiger partial charge in [0.15, 0.2) is 0 Å². The summed E-state index contributed by atoms with van der Waals surface area (Å²) in [6.45, 7) is 1.28. The number of hydrogen-bond acceptors (Lipinski definition) is 3. The van der Waals surface area contributed by atoms with Crippen molar-refractivity contribution in [1.82, 2.24) is 15.6 Å². The summed E-state index contributed by atoms with van der Waals surface area (Å²) in [5, 5.41) is 6.10. The first-order chi connectivity index (χ1) is 14.3. The van der Waals surface area contributed by atoms with E-state index < -0.39 is 35.6 Å². The molecule has 8 heteroatoms. The van der Waals surface area contributed by atoms with E-state index >= 15 is 0 Å². The number of fused-ring (bicyclic) bond motifs is 1. The van der Waals surface area contributed by atoms with Crippen molar-refractivity contribution >= 4 is 28.6 Å². The van der Waals surface area contributed by atoms with Crippen LogP contribution < -0.4 is 16.4 Å². The standard InChI is InChI=1S/C22H23FN4O3/c1-13(28)26-20(10-14-5-4-6-16(23)9-14)22(30)27-19(21(24)29)11-15-12-25-18-8-3-2-7-17(15)18/h2-9,12,19-20,25H,10-11H2,1H3,(H2,24,29)(H,26,28)(H,27,30)/t19-,20-/m1/s1. The summed E-state index contributed by atoms with van der Waals surface area (Å²) >= 11 is 0. The third-order valence-electron chi connectivity index (χ3n) is 4.78. The van der Waals surface area contributed by atoms with Crippen molar-refractivity contribution in [3.05, 3.63) is 71.7 Å². The minimum Gasteiger partial charge on any atom is -0.368 e. The lowest BCUT2D eigenvalue weighted by atomic mass is 10.0. The monoisotopic (exact) mass is 410 g/mol. The molecule has 0 unspecified atom stereocenters. The van der Waals surface area contributed by atoms with Gasteiger partial charge in [-0.15, -0.1) is 0 Å². The van der Waals surface area contributed by atoms with Gasteiger partial charge in [-0.25, -0.2) is 4.39 Å². The Balaban J connectivity index is 1.76. The Morgan fingerprint density at radius 2 is 1.80 bits per heavy atom. The predicted octanol–water partition coefficient (Wildman–Crippen LogP) is 1.57. The van der Waals surface area contributed by atoms with Crippen LogP contribution in [0.5, 0.6) is 0 Å². The van der Waals surface area contributed by atoms with Crippen LogP contribution in [-0.2, 0) is 27.2 Å². The Kier molecular flexibility index (Phi) is 6.46. The average molecular weight is 410 g/mol. The number of aromatic nitrogens is 1. The summed E-state index contributed by atoms with van der Waals surface area (Å²) in [5.41, 5.74) is 7.79. The predicted molar refractivity (Wildman–Crippen MR) is 111 cm³/mol. The first kappa shape index (κ1) is 21.0. The van der Waals surface area contributed by atoms with E-state index in [0.29, 0.717) is 5.56 Å². The van der Waals surface area contributed by atoms with Crippen molar-refractivity contribution in [2.75, 3.05) is 0 Å². The van der Waals surface area contributed by atoms with Crippen molar-refractivity contribution in [3.63, 3.8) is 0 Å². The van der Waals surface area contributed by atoms with Gasteiger partial charge in [-0.1, -0.05) is 30.3 Å². The molecule has 0 saturated heterocycles. The van der Waals surface area contributed by atoms with Gasteiger partial charge in [-0.2, -0.15) is 0 Å². The van der Waals surface area contributed by atoms with E-state index in [2.05, 4.69) is 15.6 Å². The van der Waals surface area contributed by atoms with E-state index in [0.717, 1.165) is 16.5 Å². The van der Waals surface area contributed by atoms with Gasteiger partial charge >= 0.3 is 0 Å². The van der Waals surface area contributed by atoms with E-state index in [1.54, 1.807) is 12.3 Å². The van der Waals surface area contributed by atoms with Crippen LogP contribution in [-0.4, -0.2) is 34.8 Å². The van der Waals surface area contributed by atoms with Gasteiger partial charge in [-0.3, -0.25) is 14.4 Å². The van der Waals surface area contributed by atoms with Crippen molar-refractivity contribution in [2.24, 2.45) is 5.73 Å². The van der Waals surface area contributed by atoms with Crippen LogP contribution in [0.3, 0.4) is 0 Å². The zero-order valence-electron chi connectivity index (χ0n) is 16.4. The molecule has 0 saturated carbocycles. The second-order valence-corrected chi connectivity index (χ2v) is 7.11. The van der Waals surface area contributed by atoms with Crippen LogP contribution in [0.25, 0.3) is 10.9 Å². The van der Waals surface area contributed by atoms with Crippen LogP contribution in [0.1, 0.15) is 18.1 Å². The van der Waals surface area contributed by atoms with Crippen molar-refractivity contribution < 1.29 is 18.8 Å². The number of aromatic amines is 1. The second-order valence-electron chi connectivity index (χ2n) is 7.11. The lowest BCUT2D eigenvalue weighted by Crippen LogP contribution is -2.54. The fourth-order valence-corrected chi connectivity index (χ4v) is 3.37. The Labute approximate surface area is 172 Å². The number of rotatable bonds is 8. The molecule has 2 atom stereocenters. The summed E-state index contributed by atoms with van der Waals surface area (Å²) in [5.74, 6) is -2.12. The smallest absolute Gasteiger partial charge is 0.243 e. The fourth-order valence-electron chi connectivity index (χ4n) is 3.37. The molecule has 1 heterocycles. The molecule has 3 rings (SSSR count). The molecular weight excluding hydrogens is 387 g/mol. The summed E-state index contributed by atoms with van der Waals surface area (Å²) in [6.07, 6.45) is 2.03. The van der Waals surface area contributed by atoms with E-state index in [4.69, 9.17) is 5.73 Å². The largest absolute Gasteiger partial charge is 0.368 e. The summed E-state index contributed by atoms with van der Waals surface area (Å²) < 4.78 is 13.5. The molecule has 3 amide bonds. The molecule has 0 aliphatic heterocycles. The highest BCUT2D eigenvalue weighted by atomic mass is 19.1. The topological polar surface area (TPSA) is 117 Å². The number of H-pyrrole nitrogens is 1. The molecule has 2 aromatic carbocycles. The number of carbonyl (C=O) groups is 3. The first-order valence-electron chi connectivity index (χ1n) is 9.49. The lowest BCUT2D eigenvalue weighted by Gasteiger charge is -2.21. The molecule has 0 spiro atoms. The van der Waals surface area contributed by atoms with Gasteiger partial charge in [-0.05, 0) is 29.3 Å². The number of nitrogens with two attached hydrogens (primary N) is 1. The number of nitrogens with one attached hydrogen (secondary N) is 3. The van der Waals surface area contributed by atoms with Crippen LogP contribution in [0.15, 0.2) is 54.7 Å². The van der Waals surface area contributed by atoms with E-state index in [1.165, 1.54) is 25.1 Å². The summed E-state index contributed by atoms with van der Waals surface area (Å²) in [7, 11) is 0. The van der Waals surface area contributed by atoms with Crippen LogP contribution in [0.4, 0.5) is 4.39 Å². The number of primary amides is 1. The van der Waals surface area contributed by atoms with E-state index in [1.807, 2.05) is 24.3 Å². The minimum absolute atomic E-state index is 0.0712. The van der Waals surface area contributed by atoms with Crippen molar-refractivity contribution in [2.45, 2.75) is 31.8 Å². The Morgan fingerprint density at radius 1 is 1.03 bits per heavy atom. The molecule has 0 fully saturated rings. The quantitative estimate of drug-likeness (QED) is 0.451. The number of benzene rings is 2. The molecule has 7 nitrogen and oxygen atoms in total. The second kappa shape index (κ2) is 9.21. The molecule has 156 valence electrons. The first-order valence-corrected chi connectivity index (χ1v) is 9.49. The Hall–Kier alpha value is -3.68. The molecular formula is C22H23FN4O3. The number of halogens is 1. The number of hydrogen-bond donors (Lipinski definition) is 4. The molecule has 0 aliphatic carbocycles. The van der Waals surface area contributed by atoms with Gasteiger partial charge in [0.2, 0.25) is 17.7 Å². The van der Waals surface area contributed by atoms with E-state index in [9.17, 15) is 18.8 Å². The SMILES string of the molecule is CC(=O)N[C@H](Cc1cccc(F)c1)C(=O)N[C@H](Cc1c[nH]c2ccccc12)C(N)=O. The zero-order valence-corrected chi connectivity index (χ0v) is 16.4. The molecule has 5 N–H and O–H groups in total. The van der Waals surface area contributed by atoms with Crippen molar-refractivity contribution in [3.8, 4) is 0 Å². The number of para-hydroxylation sites is 1. The maximum Gasteiger partial charge on any atom is 0.243 e. The average Bonchev–Trinajstić information content (AvgIpc) is 3.09. The Bertz CT molecular complexity index is 1080. The van der Waals surface area contributed by atoms with Gasteiger partial charge in [0.25, 0.3) is 0 Å².